The van der Waals surface area contributed by atoms with E-state index in [0.29, 0.717) is 5.92 Å². The van der Waals surface area contributed by atoms with Crippen LogP contribution in [0.2, 0.25) is 0 Å². The van der Waals surface area contributed by atoms with Gasteiger partial charge in [0, 0.05) is 47.6 Å². The molecule has 1 aliphatic carbocycles. The molecule has 4 heterocycles. The van der Waals surface area contributed by atoms with Crippen LogP contribution in [0.25, 0.3) is 22.9 Å². The smallest absolute Gasteiger partial charge is 0.133 e. The number of thiophene rings is 1. The number of pyridine rings is 1. The number of anilines is 1. The predicted molar refractivity (Wildman–Crippen MR) is 127 cm³/mol. The molecule has 1 unspecified atom stereocenters. The lowest BCUT2D eigenvalue weighted by atomic mass is 9.90. The second-order valence-corrected chi connectivity index (χ2v) is 9.53. The van der Waals surface area contributed by atoms with E-state index in [1.54, 1.807) is 0 Å². The van der Waals surface area contributed by atoms with Gasteiger partial charge in [-0.3, -0.25) is 0 Å². The van der Waals surface area contributed by atoms with Crippen molar-refractivity contribution in [2.75, 3.05) is 50.8 Å². The molecule has 3 aliphatic rings. The molecular weight excluding hydrogens is 390 g/mol. The molecule has 0 spiro atoms. The van der Waals surface area contributed by atoms with Crippen LogP contribution < -0.4 is 4.90 Å². The zero-order valence-electron chi connectivity index (χ0n) is 18.1. The van der Waals surface area contributed by atoms with E-state index < -0.39 is 0 Å². The zero-order valence-corrected chi connectivity index (χ0v) is 18.9. The quantitative estimate of drug-likeness (QED) is 0.698. The van der Waals surface area contributed by atoms with Crippen LogP contribution in [0.15, 0.2) is 29.7 Å². The average Bonchev–Trinajstić information content (AvgIpc) is 3.29. The Kier molecular flexibility index (Phi) is 5.77. The number of nitrogens with zero attached hydrogens (tertiary/aromatic N) is 3. The molecule has 1 fully saturated rings. The summed E-state index contributed by atoms with van der Waals surface area (Å²) < 4.78 is 5.48. The average molecular weight is 422 g/mol. The van der Waals surface area contributed by atoms with Gasteiger partial charge in [0.05, 0.1) is 18.9 Å². The molecule has 0 amide bonds. The third-order valence-corrected chi connectivity index (χ3v) is 7.57. The lowest BCUT2D eigenvalue weighted by molar-refractivity contribution is 0.161. The molecular formula is C25H31N3OS. The fraction of sp³-hybridized carbons (Fsp3) is 0.480. The standard InChI is InChI=1S/C25H31N3OS/c1-3-27-8-10-28(11-9-27)25-22-14-18(2)4-5-20(22)15-23(26-25)21-16-24(30-17-21)19-6-12-29-13-7-19/h4-6,15-18H,3,7-14H2,1-2H3. The third-order valence-electron chi connectivity index (χ3n) is 6.56. The van der Waals surface area contributed by atoms with Gasteiger partial charge in [0.2, 0.25) is 0 Å². The Labute approximate surface area is 183 Å². The van der Waals surface area contributed by atoms with Gasteiger partial charge in [-0.2, -0.15) is 0 Å². The maximum Gasteiger partial charge on any atom is 0.133 e. The maximum atomic E-state index is 5.48. The van der Waals surface area contributed by atoms with Crippen molar-refractivity contribution in [1.82, 2.24) is 9.88 Å². The number of allylic oxidation sites excluding steroid dienone is 1. The molecule has 2 aliphatic heterocycles. The highest BCUT2D eigenvalue weighted by Gasteiger charge is 2.24. The lowest BCUT2D eigenvalue weighted by Crippen LogP contribution is -2.47. The number of piperazine rings is 1. The highest BCUT2D eigenvalue weighted by molar-refractivity contribution is 7.11. The van der Waals surface area contributed by atoms with Gasteiger partial charge in [0.15, 0.2) is 0 Å². The van der Waals surface area contributed by atoms with Gasteiger partial charge in [-0.25, -0.2) is 4.98 Å². The summed E-state index contributed by atoms with van der Waals surface area (Å²) in [6.07, 6.45) is 8.98. The van der Waals surface area contributed by atoms with E-state index in [1.165, 1.54) is 33.0 Å². The van der Waals surface area contributed by atoms with Gasteiger partial charge >= 0.3 is 0 Å². The molecule has 0 aromatic carbocycles. The Hall–Kier alpha value is -1.95. The molecule has 0 saturated carbocycles. The van der Waals surface area contributed by atoms with Gasteiger partial charge < -0.3 is 14.5 Å². The molecule has 30 heavy (non-hydrogen) atoms. The second-order valence-electron chi connectivity index (χ2n) is 8.61. The first-order chi connectivity index (χ1) is 14.7. The summed E-state index contributed by atoms with van der Waals surface area (Å²) in [5.74, 6) is 1.79. The lowest BCUT2D eigenvalue weighted by Gasteiger charge is -2.36. The Morgan fingerprint density at radius 2 is 2.07 bits per heavy atom. The van der Waals surface area contributed by atoms with Gasteiger partial charge in [0.25, 0.3) is 0 Å². The molecule has 0 radical (unpaired) electrons. The van der Waals surface area contributed by atoms with Crippen LogP contribution in [0.5, 0.6) is 0 Å². The predicted octanol–water partition coefficient (Wildman–Crippen LogP) is 4.96. The fourth-order valence-electron chi connectivity index (χ4n) is 4.67. The van der Waals surface area contributed by atoms with E-state index >= 15 is 0 Å². The van der Waals surface area contributed by atoms with Crippen LogP contribution in [0, 0.1) is 5.92 Å². The Morgan fingerprint density at radius 3 is 2.83 bits per heavy atom. The van der Waals surface area contributed by atoms with Crippen LogP contribution in [0.1, 0.15) is 36.3 Å². The van der Waals surface area contributed by atoms with E-state index in [1.807, 2.05) is 11.3 Å². The number of hydrogen-bond donors (Lipinski definition) is 0. The number of hydrogen-bond acceptors (Lipinski definition) is 5. The van der Waals surface area contributed by atoms with Crippen molar-refractivity contribution in [3.63, 3.8) is 0 Å². The molecule has 5 rings (SSSR count). The summed E-state index contributed by atoms with van der Waals surface area (Å²) in [5, 5.41) is 2.27. The number of aromatic nitrogens is 1. The van der Waals surface area contributed by atoms with Crippen LogP contribution >= 0.6 is 11.3 Å². The van der Waals surface area contributed by atoms with Crippen molar-refractivity contribution in [2.24, 2.45) is 5.92 Å². The molecule has 1 atom stereocenters. The van der Waals surface area contributed by atoms with Crippen molar-refractivity contribution in [2.45, 2.75) is 26.7 Å². The Bertz CT molecular complexity index is 969. The van der Waals surface area contributed by atoms with Gasteiger partial charge in [-0.05, 0) is 48.6 Å². The molecule has 4 nitrogen and oxygen atoms in total. The van der Waals surface area contributed by atoms with E-state index in [0.717, 1.165) is 64.5 Å². The summed E-state index contributed by atoms with van der Waals surface area (Å²) in [4.78, 5) is 11.7. The van der Waals surface area contributed by atoms with Gasteiger partial charge in [0.1, 0.15) is 5.82 Å². The van der Waals surface area contributed by atoms with Crippen molar-refractivity contribution in [3.8, 4) is 11.3 Å². The van der Waals surface area contributed by atoms with Crippen LogP contribution in [-0.4, -0.2) is 55.8 Å². The monoisotopic (exact) mass is 421 g/mol. The first-order valence-electron chi connectivity index (χ1n) is 11.3. The van der Waals surface area contributed by atoms with Gasteiger partial charge in [-0.15, -0.1) is 11.3 Å². The molecule has 2 aromatic rings. The van der Waals surface area contributed by atoms with E-state index in [4.69, 9.17) is 9.72 Å². The van der Waals surface area contributed by atoms with Gasteiger partial charge in [-0.1, -0.05) is 32.1 Å². The summed E-state index contributed by atoms with van der Waals surface area (Å²) >= 11 is 1.83. The van der Waals surface area contributed by atoms with Crippen LogP contribution in [0.4, 0.5) is 5.82 Å². The summed E-state index contributed by atoms with van der Waals surface area (Å²) in [6, 6.07) is 4.62. The van der Waals surface area contributed by atoms with Crippen LogP contribution in [-0.2, 0) is 11.2 Å². The minimum absolute atomic E-state index is 0.578. The maximum absolute atomic E-state index is 5.48. The minimum atomic E-state index is 0.578. The van der Waals surface area contributed by atoms with Crippen LogP contribution in [0.3, 0.4) is 0 Å². The number of fused-ring (bicyclic) bond motifs is 1. The van der Waals surface area contributed by atoms with Crippen molar-refractivity contribution < 1.29 is 4.74 Å². The second kappa shape index (κ2) is 8.66. The molecule has 2 aromatic heterocycles. The number of ether oxygens (including phenoxy) is 1. The summed E-state index contributed by atoms with van der Waals surface area (Å²) in [5.41, 5.74) is 6.55. The Morgan fingerprint density at radius 1 is 1.20 bits per heavy atom. The fourth-order valence-corrected chi connectivity index (χ4v) is 5.64. The summed E-state index contributed by atoms with van der Waals surface area (Å²) in [7, 11) is 0. The summed E-state index contributed by atoms with van der Waals surface area (Å²) in [6.45, 7) is 11.6. The first-order valence-corrected chi connectivity index (χ1v) is 12.1. The highest BCUT2D eigenvalue weighted by atomic mass is 32.1. The largest absolute Gasteiger partial charge is 0.377 e. The van der Waals surface area contributed by atoms with Crippen molar-refractivity contribution in [1.29, 1.82) is 0 Å². The molecule has 5 heteroatoms. The van der Waals surface area contributed by atoms with E-state index in [-0.39, 0.29) is 0 Å². The third kappa shape index (κ3) is 3.98. The van der Waals surface area contributed by atoms with E-state index in [9.17, 15) is 0 Å². The van der Waals surface area contributed by atoms with Crippen molar-refractivity contribution >= 4 is 28.8 Å². The number of likely N-dealkylation sites (N-methyl/N-ethyl adjacent to an activating group) is 1. The topological polar surface area (TPSA) is 28.6 Å². The minimum Gasteiger partial charge on any atom is -0.377 e. The van der Waals surface area contributed by atoms with E-state index in [2.05, 4.69) is 59.4 Å². The highest BCUT2D eigenvalue weighted by Crippen LogP contribution is 2.37. The molecule has 1 saturated heterocycles. The number of rotatable bonds is 4. The zero-order chi connectivity index (χ0) is 20.5. The first kappa shape index (κ1) is 20.0. The normalized spacial score (nSPS) is 22.1. The van der Waals surface area contributed by atoms with Crippen molar-refractivity contribution in [3.05, 3.63) is 45.7 Å². The Balaban J connectivity index is 1.50. The molecule has 0 bridgehead atoms. The molecule has 0 N–H and O–H groups in total. The molecule has 158 valence electrons. The SMILES string of the molecule is CCN1CCN(c2nc(-c3csc(C4=CCOCC4)c3)cc3c2CC(C)C=C3)CC1.